The first-order chi connectivity index (χ1) is 18.7. The van der Waals surface area contributed by atoms with Gasteiger partial charge in [-0.05, 0) is 59.8 Å². The lowest BCUT2D eigenvalue weighted by atomic mass is 10.0. The first-order valence-corrected chi connectivity index (χ1v) is 13.5. The minimum atomic E-state index is -0.963. The van der Waals surface area contributed by atoms with E-state index in [1.165, 1.54) is 4.90 Å². The SMILES string of the molecule is COc1ccc(CN(C(=O)c2snc(C(N)=O)c2N)C(C(=O)NC2CCCC2)c2ccc(N(C)C)cc2)cc1. The molecule has 39 heavy (non-hydrogen) atoms. The number of nitrogens with one attached hydrogen (secondary N) is 1. The number of hydrogen-bond acceptors (Lipinski definition) is 8. The second-order valence-electron chi connectivity index (χ2n) is 9.80. The molecule has 1 aromatic heterocycles. The van der Waals surface area contributed by atoms with E-state index in [-0.39, 0.29) is 34.8 Å². The summed E-state index contributed by atoms with van der Waals surface area (Å²) in [5.41, 5.74) is 13.7. The predicted molar refractivity (Wildman–Crippen MR) is 152 cm³/mol. The van der Waals surface area contributed by atoms with Gasteiger partial charge in [-0.15, -0.1) is 0 Å². The van der Waals surface area contributed by atoms with Gasteiger partial charge in [-0.25, -0.2) is 0 Å². The van der Waals surface area contributed by atoms with Crippen molar-refractivity contribution in [1.29, 1.82) is 0 Å². The van der Waals surface area contributed by atoms with Crippen molar-refractivity contribution in [1.82, 2.24) is 14.6 Å². The molecule has 3 amide bonds. The quantitative estimate of drug-likeness (QED) is 0.351. The van der Waals surface area contributed by atoms with Crippen molar-refractivity contribution in [3.63, 3.8) is 0 Å². The summed E-state index contributed by atoms with van der Waals surface area (Å²) in [6.07, 6.45) is 3.90. The van der Waals surface area contributed by atoms with E-state index in [2.05, 4.69) is 9.69 Å². The molecule has 0 bridgehead atoms. The summed E-state index contributed by atoms with van der Waals surface area (Å²) >= 11 is 0.796. The van der Waals surface area contributed by atoms with Gasteiger partial charge in [0.25, 0.3) is 11.8 Å². The lowest BCUT2D eigenvalue weighted by Crippen LogP contribution is -2.45. The number of nitrogen functional groups attached to an aromatic ring is 1. The van der Waals surface area contributed by atoms with Gasteiger partial charge < -0.3 is 31.3 Å². The van der Waals surface area contributed by atoms with Gasteiger partial charge in [0.15, 0.2) is 5.69 Å². The summed E-state index contributed by atoms with van der Waals surface area (Å²) in [5.74, 6) is -0.945. The first-order valence-electron chi connectivity index (χ1n) is 12.8. The van der Waals surface area contributed by atoms with Crippen molar-refractivity contribution in [2.45, 2.75) is 44.3 Å². The third-order valence-corrected chi connectivity index (χ3v) is 7.77. The molecule has 2 aromatic carbocycles. The van der Waals surface area contributed by atoms with Gasteiger partial charge in [-0.3, -0.25) is 14.4 Å². The zero-order valence-electron chi connectivity index (χ0n) is 22.3. The molecule has 11 heteroatoms. The molecule has 10 nitrogen and oxygen atoms in total. The van der Waals surface area contributed by atoms with Crippen LogP contribution in [0.2, 0.25) is 0 Å². The highest BCUT2D eigenvalue weighted by Gasteiger charge is 2.36. The number of nitrogens with two attached hydrogens (primary N) is 2. The Labute approximate surface area is 232 Å². The van der Waals surface area contributed by atoms with E-state index in [0.29, 0.717) is 11.3 Å². The number of carbonyl (C=O) groups is 3. The molecule has 1 fully saturated rings. The first kappa shape index (κ1) is 27.9. The number of hydrogen-bond donors (Lipinski definition) is 3. The monoisotopic (exact) mass is 550 g/mol. The normalized spacial score (nSPS) is 14.0. The molecule has 0 spiro atoms. The van der Waals surface area contributed by atoms with Crippen LogP contribution in [0.3, 0.4) is 0 Å². The summed E-state index contributed by atoms with van der Waals surface area (Å²) in [5, 5.41) is 3.16. The van der Waals surface area contributed by atoms with Crippen LogP contribution < -0.4 is 26.4 Å². The maximum atomic E-state index is 14.1. The molecule has 1 unspecified atom stereocenters. The van der Waals surface area contributed by atoms with Gasteiger partial charge in [0, 0.05) is 32.4 Å². The third kappa shape index (κ3) is 6.31. The Bertz CT molecular complexity index is 1320. The van der Waals surface area contributed by atoms with Crippen LogP contribution in [0.1, 0.15) is 63.0 Å². The summed E-state index contributed by atoms with van der Waals surface area (Å²) in [4.78, 5) is 43.3. The molecule has 1 atom stereocenters. The average molecular weight is 551 g/mol. The number of nitrogens with zero attached hydrogens (tertiary/aromatic N) is 3. The average Bonchev–Trinajstić information content (AvgIpc) is 3.58. The maximum Gasteiger partial charge on any atom is 0.270 e. The van der Waals surface area contributed by atoms with E-state index < -0.39 is 17.9 Å². The maximum absolute atomic E-state index is 14.1. The number of ether oxygens (including phenoxy) is 1. The lowest BCUT2D eigenvalue weighted by molar-refractivity contribution is -0.126. The van der Waals surface area contributed by atoms with Crippen molar-refractivity contribution < 1.29 is 19.1 Å². The van der Waals surface area contributed by atoms with E-state index in [9.17, 15) is 14.4 Å². The summed E-state index contributed by atoms with van der Waals surface area (Å²) < 4.78 is 9.29. The van der Waals surface area contributed by atoms with Gasteiger partial charge in [0.05, 0.1) is 12.8 Å². The Kier molecular flexibility index (Phi) is 8.70. The van der Waals surface area contributed by atoms with Crippen LogP contribution >= 0.6 is 11.5 Å². The molecule has 1 aliphatic rings. The minimum Gasteiger partial charge on any atom is -0.497 e. The molecule has 3 aromatic rings. The molecular weight excluding hydrogens is 516 g/mol. The molecular formula is C28H34N6O4S. The van der Waals surface area contributed by atoms with Crippen molar-refractivity contribution >= 4 is 40.6 Å². The van der Waals surface area contributed by atoms with E-state index in [4.69, 9.17) is 16.2 Å². The van der Waals surface area contributed by atoms with Gasteiger partial charge in [-0.2, -0.15) is 4.37 Å². The standard InChI is InChI=1S/C28H34N6O4S/c1-33(2)20-12-10-18(11-13-20)24(27(36)31-19-6-4-5-7-19)34(16-17-8-14-21(38-3)15-9-17)28(37)25-22(29)23(26(30)35)32-39-25/h8-15,19,24H,4-7,16,29H2,1-3H3,(H2,30,35)(H,31,36). The van der Waals surface area contributed by atoms with Gasteiger partial charge in [0.1, 0.15) is 16.7 Å². The fourth-order valence-electron chi connectivity index (χ4n) is 4.75. The Hall–Kier alpha value is -4.12. The summed E-state index contributed by atoms with van der Waals surface area (Å²) in [7, 11) is 5.44. The largest absolute Gasteiger partial charge is 0.497 e. The van der Waals surface area contributed by atoms with E-state index in [1.807, 2.05) is 55.4 Å². The number of anilines is 2. The number of primary amides is 1. The molecule has 0 saturated heterocycles. The topological polar surface area (TPSA) is 144 Å². The van der Waals surface area contributed by atoms with Crippen LogP contribution in [-0.4, -0.2) is 54.2 Å². The van der Waals surface area contributed by atoms with Gasteiger partial charge >= 0.3 is 0 Å². The molecule has 0 aliphatic heterocycles. The number of rotatable bonds is 10. The van der Waals surface area contributed by atoms with E-state index in [0.717, 1.165) is 48.5 Å². The number of aromatic nitrogens is 1. The van der Waals surface area contributed by atoms with Crippen LogP contribution in [0, 0.1) is 0 Å². The van der Waals surface area contributed by atoms with Crippen LogP contribution in [0.5, 0.6) is 5.75 Å². The summed E-state index contributed by atoms with van der Waals surface area (Å²) in [6.45, 7) is 0.101. The van der Waals surface area contributed by atoms with Crippen LogP contribution in [0.4, 0.5) is 11.4 Å². The van der Waals surface area contributed by atoms with Crippen LogP contribution in [-0.2, 0) is 11.3 Å². The Morgan fingerprint density at radius 1 is 1.08 bits per heavy atom. The zero-order chi connectivity index (χ0) is 28.1. The lowest BCUT2D eigenvalue weighted by Gasteiger charge is -2.32. The number of methoxy groups -OCH3 is 1. The van der Waals surface area contributed by atoms with Crippen molar-refractivity contribution in [2.75, 3.05) is 31.8 Å². The van der Waals surface area contributed by atoms with Crippen LogP contribution in [0.15, 0.2) is 48.5 Å². The molecule has 4 rings (SSSR count). The van der Waals surface area contributed by atoms with E-state index >= 15 is 0 Å². The summed E-state index contributed by atoms with van der Waals surface area (Å²) in [6, 6.07) is 13.9. The second-order valence-corrected chi connectivity index (χ2v) is 10.6. The molecule has 1 saturated carbocycles. The fraction of sp³-hybridized carbons (Fsp3) is 0.357. The molecule has 1 heterocycles. The molecule has 5 N–H and O–H groups in total. The van der Waals surface area contributed by atoms with Crippen molar-refractivity contribution in [2.24, 2.45) is 5.73 Å². The number of benzene rings is 2. The van der Waals surface area contributed by atoms with Crippen molar-refractivity contribution in [3.8, 4) is 5.75 Å². The van der Waals surface area contributed by atoms with E-state index in [1.54, 1.807) is 19.2 Å². The third-order valence-electron chi connectivity index (χ3n) is 6.92. The highest BCUT2D eigenvalue weighted by Crippen LogP contribution is 2.32. The predicted octanol–water partition coefficient (Wildman–Crippen LogP) is 3.34. The highest BCUT2D eigenvalue weighted by molar-refractivity contribution is 7.09. The van der Waals surface area contributed by atoms with Gasteiger partial charge in [0.2, 0.25) is 5.91 Å². The minimum absolute atomic E-state index is 0.0499. The Morgan fingerprint density at radius 2 is 1.72 bits per heavy atom. The Morgan fingerprint density at radius 3 is 2.26 bits per heavy atom. The molecule has 0 radical (unpaired) electrons. The second kappa shape index (κ2) is 12.2. The zero-order valence-corrected chi connectivity index (χ0v) is 23.2. The number of carbonyl (C=O) groups excluding carboxylic acids is 3. The number of amides is 3. The molecule has 206 valence electrons. The smallest absolute Gasteiger partial charge is 0.270 e. The fourth-order valence-corrected chi connectivity index (χ4v) is 5.51. The van der Waals surface area contributed by atoms with Gasteiger partial charge in [-0.1, -0.05) is 37.1 Å². The van der Waals surface area contributed by atoms with Crippen LogP contribution in [0.25, 0.3) is 0 Å². The van der Waals surface area contributed by atoms with Crippen molar-refractivity contribution in [3.05, 3.63) is 70.2 Å². The molecule has 1 aliphatic carbocycles. The Balaban J connectivity index is 1.80. The highest BCUT2D eigenvalue weighted by atomic mass is 32.1.